The summed E-state index contributed by atoms with van der Waals surface area (Å²) < 4.78 is 0. The van der Waals surface area contributed by atoms with Gasteiger partial charge in [-0.25, -0.2) is 4.79 Å². The maximum absolute atomic E-state index is 12.6. The van der Waals surface area contributed by atoms with Crippen LogP contribution in [0.25, 0.3) is 0 Å². The minimum Gasteiger partial charge on any atom is -0.338 e. The van der Waals surface area contributed by atoms with Crippen molar-refractivity contribution >= 4 is 17.6 Å². The van der Waals surface area contributed by atoms with Crippen LogP contribution in [0.1, 0.15) is 39.2 Å². The quantitative estimate of drug-likeness (QED) is 0.700. The van der Waals surface area contributed by atoms with Gasteiger partial charge in [0.25, 0.3) is 0 Å². The van der Waals surface area contributed by atoms with Crippen molar-refractivity contribution < 1.29 is 9.59 Å². The van der Waals surface area contributed by atoms with E-state index in [-0.39, 0.29) is 17.9 Å². The first-order chi connectivity index (χ1) is 12.5. The number of amides is 3. The summed E-state index contributed by atoms with van der Waals surface area (Å²) >= 11 is 0. The predicted octanol–water partition coefficient (Wildman–Crippen LogP) is 2.81. The molecule has 3 amide bonds. The van der Waals surface area contributed by atoms with E-state index in [4.69, 9.17) is 0 Å². The molecule has 6 nitrogen and oxygen atoms in total. The van der Waals surface area contributed by atoms with E-state index in [0.717, 1.165) is 37.2 Å². The lowest BCUT2D eigenvalue weighted by atomic mass is 9.97. The normalized spacial score (nSPS) is 17.2. The molecule has 26 heavy (non-hydrogen) atoms. The van der Waals surface area contributed by atoms with Crippen LogP contribution in [0.3, 0.4) is 0 Å². The molecule has 3 N–H and O–H groups in total. The fraction of sp³-hybridized carbons (Fsp3) is 0.600. The van der Waals surface area contributed by atoms with E-state index in [1.54, 1.807) is 4.90 Å². The number of anilines is 1. The number of hydrogen-bond donors (Lipinski definition) is 3. The SMILES string of the molecule is CCNCc1cccc(NC(=O)C2CCCN(C(=O)NCC(C)C)C2)c1. The molecule has 0 aromatic heterocycles. The second-order valence-corrected chi connectivity index (χ2v) is 7.34. The number of piperidine rings is 1. The molecule has 1 aromatic carbocycles. The van der Waals surface area contributed by atoms with Gasteiger partial charge in [0.2, 0.25) is 5.91 Å². The van der Waals surface area contributed by atoms with Gasteiger partial charge in [0.15, 0.2) is 0 Å². The van der Waals surface area contributed by atoms with Crippen molar-refractivity contribution in [3.8, 4) is 0 Å². The van der Waals surface area contributed by atoms with Crippen molar-refractivity contribution in [3.05, 3.63) is 29.8 Å². The van der Waals surface area contributed by atoms with Gasteiger partial charge in [0, 0.05) is 31.9 Å². The Morgan fingerprint density at radius 1 is 1.31 bits per heavy atom. The Labute approximate surface area is 156 Å². The summed E-state index contributed by atoms with van der Waals surface area (Å²) in [6, 6.07) is 7.83. The van der Waals surface area contributed by atoms with E-state index in [0.29, 0.717) is 25.6 Å². The third-order valence-electron chi connectivity index (χ3n) is 4.51. The number of urea groups is 1. The molecule has 1 saturated heterocycles. The molecular formula is C20H32N4O2. The Morgan fingerprint density at radius 2 is 2.12 bits per heavy atom. The monoisotopic (exact) mass is 360 g/mol. The van der Waals surface area contributed by atoms with Gasteiger partial charge < -0.3 is 20.9 Å². The summed E-state index contributed by atoms with van der Waals surface area (Å²) in [6.45, 7) is 9.75. The number of benzene rings is 1. The molecule has 0 radical (unpaired) electrons. The molecule has 0 spiro atoms. The summed E-state index contributed by atoms with van der Waals surface area (Å²) in [5, 5.41) is 9.23. The maximum Gasteiger partial charge on any atom is 0.317 e. The van der Waals surface area contributed by atoms with E-state index >= 15 is 0 Å². The Bertz CT molecular complexity index is 603. The Kier molecular flexibility index (Phi) is 7.91. The number of carbonyl (C=O) groups is 2. The van der Waals surface area contributed by atoms with Crippen LogP contribution in [0.4, 0.5) is 10.5 Å². The minimum absolute atomic E-state index is 0.00744. The summed E-state index contributed by atoms with van der Waals surface area (Å²) in [5.74, 6) is 0.246. The molecule has 0 saturated carbocycles. The third kappa shape index (κ3) is 6.33. The highest BCUT2D eigenvalue weighted by atomic mass is 16.2. The third-order valence-corrected chi connectivity index (χ3v) is 4.51. The van der Waals surface area contributed by atoms with Crippen LogP contribution >= 0.6 is 0 Å². The second kappa shape index (κ2) is 10.2. The Hall–Kier alpha value is -2.08. The highest BCUT2D eigenvalue weighted by molar-refractivity contribution is 5.93. The van der Waals surface area contributed by atoms with Gasteiger partial charge in [-0.3, -0.25) is 4.79 Å². The molecule has 1 unspecified atom stereocenters. The smallest absolute Gasteiger partial charge is 0.317 e. The molecule has 144 valence electrons. The fourth-order valence-corrected chi connectivity index (χ4v) is 3.05. The lowest BCUT2D eigenvalue weighted by molar-refractivity contribution is -0.121. The molecule has 1 aliphatic rings. The summed E-state index contributed by atoms with van der Waals surface area (Å²) in [4.78, 5) is 26.7. The number of nitrogens with one attached hydrogen (secondary N) is 3. The van der Waals surface area contributed by atoms with Gasteiger partial charge in [-0.1, -0.05) is 32.9 Å². The van der Waals surface area contributed by atoms with E-state index in [9.17, 15) is 9.59 Å². The van der Waals surface area contributed by atoms with E-state index in [2.05, 4.69) is 36.7 Å². The first kappa shape index (κ1) is 20.2. The largest absolute Gasteiger partial charge is 0.338 e. The lowest BCUT2D eigenvalue weighted by Crippen LogP contribution is -2.48. The molecule has 0 bridgehead atoms. The van der Waals surface area contributed by atoms with E-state index in [1.807, 2.05) is 24.3 Å². The minimum atomic E-state index is -0.161. The van der Waals surface area contributed by atoms with Crippen LogP contribution in [-0.2, 0) is 11.3 Å². The highest BCUT2D eigenvalue weighted by Crippen LogP contribution is 2.19. The van der Waals surface area contributed by atoms with Gasteiger partial charge in [-0.2, -0.15) is 0 Å². The van der Waals surface area contributed by atoms with Crippen molar-refractivity contribution in [2.24, 2.45) is 11.8 Å². The molecule has 1 heterocycles. The molecule has 1 atom stereocenters. The average molecular weight is 361 g/mol. The van der Waals surface area contributed by atoms with Crippen molar-refractivity contribution in [1.29, 1.82) is 0 Å². The molecule has 1 aromatic rings. The second-order valence-electron chi connectivity index (χ2n) is 7.34. The topological polar surface area (TPSA) is 73.5 Å². The van der Waals surface area contributed by atoms with Gasteiger partial charge in [0.1, 0.15) is 0 Å². The van der Waals surface area contributed by atoms with Gasteiger partial charge in [-0.15, -0.1) is 0 Å². The molecular weight excluding hydrogens is 328 g/mol. The number of likely N-dealkylation sites (tertiary alicyclic amines) is 1. The first-order valence-corrected chi connectivity index (χ1v) is 9.63. The molecule has 0 aliphatic carbocycles. The number of nitrogens with zero attached hydrogens (tertiary/aromatic N) is 1. The van der Waals surface area contributed by atoms with Crippen molar-refractivity contribution in [2.45, 2.75) is 40.2 Å². The molecule has 1 aliphatic heterocycles. The molecule has 1 fully saturated rings. The first-order valence-electron chi connectivity index (χ1n) is 9.63. The highest BCUT2D eigenvalue weighted by Gasteiger charge is 2.28. The van der Waals surface area contributed by atoms with E-state index < -0.39 is 0 Å². The Morgan fingerprint density at radius 3 is 2.85 bits per heavy atom. The summed E-state index contributed by atoms with van der Waals surface area (Å²) in [7, 11) is 0. The van der Waals surface area contributed by atoms with Gasteiger partial charge in [-0.05, 0) is 43.0 Å². The standard InChI is InChI=1S/C20H32N4O2/c1-4-21-13-16-7-5-9-18(11-16)23-19(25)17-8-6-10-24(14-17)20(26)22-12-15(2)3/h5,7,9,11,15,17,21H,4,6,8,10,12-14H2,1-3H3,(H,22,26)(H,23,25). The zero-order valence-corrected chi connectivity index (χ0v) is 16.2. The van der Waals surface area contributed by atoms with Crippen molar-refractivity contribution in [3.63, 3.8) is 0 Å². The van der Waals surface area contributed by atoms with Crippen LogP contribution < -0.4 is 16.0 Å². The Balaban J connectivity index is 1.89. The fourth-order valence-electron chi connectivity index (χ4n) is 3.05. The van der Waals surface area contributed by atoms with Crippen LogP contribution in [0, 0.1) is 11.8 Å². The lowest BCUT2D eigenvalue weighted by Gasteiger charge is -2.32. The van der Waals surface area contributed by atoms with Crippen molar-refractivity contribution in [1.82, 2.24) is 15.5 Å². The molecule has 2 rings (SSSR count). The van der Waals surface area contributed by atoms with Crippen LogP contribution in [0.5, 0.6) is 0 Å². The zero-order valence-electron chi connectivity index (χ0n) is 16.2. The van der Waals surface area contributed by atoms with Crippen LogP contribution in [-0.4, -0.2) is 43.0 Å². The summed E-state index contributed by atoms with van der Waals surface area (Å²) in [6.07, 6.45) is 1.67. The predicted molar refractivity (Wildman–Crippen MR) is 105 cm³/mol. The number of rotatable bonds is 7. The van der Waals surface area contributed by atoms with Crippen molar-refractivity contribution in [2.75, 3.05) is 31.5 Å². The average Bonchev–Trinajstić information content (AvgIpc) is 2.64. The van der Waals surface area contributed by atoms with E-state index in [1.165, 1.54) is 0 Å². The molecule has 6 heteroatoms. The van der Waals surface area contributed by atoms with Crippen LogP contribution in [0.15, 0.2) is 24.3 Å². The van der Waals surface area contributed by atoms with Gasteiger partial charge >= 0.3 is 6.03 Å². The van der Waals surface area contributed by atoms with Gasteiger partial charge in [0.05, 0.1) is 5.92 Å². The number of hydrogen-bond acceptors (Lipinski definition) is 3. The maximum atomic E-state index is 12.6. The van der Waals surface area contributed by atoms with Crippen LogP contribution in [0.2, 0.25) is 0 Å². The number of carbonyl (C=O) groups excluding carboxylic acids is 2. The zero-order chi connectivity index (χ0) is 18.9. The summed E-state index contributed by atoms with van der Waals surface area (Å²) in [5.41, 5.74) is 1.95.